The molecular formula is C14H14N2O5. The molecule has 21 heavy (non-hydrogen) atoms. The molecule has 0 spiro atoms. The number of rotatable bonds is 5. The first-order valence-corrected chi connectivity index (χ1v) is 6.20. The van der Waals surface area contributed by atoms with Crippen molar-refractivity contribution >= 4 is 17.7 Å². The molecule has 0 radical (unpaired) electrons. The van der Waals surface area contributed by atoms with Gasteiger partial charge in [-0.3, -0.25) is 0 Å². The molecule has 7 heteroatoms. The molecule has 0 saturated heterocycles. The standard InChI is InChI=1S/C14H14N2O5/c17-9-3-4-12(11(8-9)13(18)19)16-14(20)15-6-5-10-2-1-7-21-10/h1-4,7-8,17H,5-6H2,(H,18,19)(H2,15,16,20). The van der Waals surface area contributed by atoms with Crippen LogP contribution >= 0.6 is 0 Å². The lowest BCUT2D eigenvalue weighted by molar-refractivity contribution is 0.0697. The van der Waals surface area contributed by atoms with E-state index in [9.17, 15) is 14.7 Å². The number of carbonyl (C=O) groups excluding carboxylic acids is 1. The van der Waals surface area contributed by atoms with Gasteiger partial charge in [0.2, 0.25) is 0 Å². The van der Waals surface area contributed by atoms with E-state index in [0.717, 1.165) is 11.8 Å². The molecule has 1 aromatic heterocycles. The molecule has 0 aliphatic heterocycles. The van der Waals surface area contributed by atoms with Gasteiger partial charge >= 0.3 is 12.0 Å². The third kappa shape index (κ3) is 4.00. The molecule has 2 amide bonds. The monoisotopic (exact) mass is 290 g/mol. The Morgan fingerprint density at radius 1 is 1.24 bits per heavy atom. The first kappa shape index (κ1) is 14.4. The van der Waals surface area contributed by atoms with E-state index in [1.54, 1.807) is 18.4 Å². The van der Waals surface area contributed by atoms with Crippen LogP contribution in [-0.2, 0) is 6.42 Å². The van der Waals surface area contributed by atoms with Crippen molar-refractivity contribution in [2.24, 2.45) is 0 Å². The van der Waals surface area contributed by atoms with Crippen LogP contribution in [-0.4, -0.2) is 28.8 Å². The van der Waals surface area contributed by atoms with E-state index in [4.69, 9.17) is 9.52 Å². The summed E-state index contributed by atoms with van der Waals surface area (Å²) in [6.45, 7) is 0.347. The number of carboxylic acids is 1. The van der Waals surface area contributed by atoms with Gasteiger partial charge in [-0.05, 0) is 30.3 Å². The second-order valence-electron chi connectivity index (χ2n) is 4.25. The summed E-state index contributed by atoms with van der Waals surface area (Å²) in [5, 5.41) is 23.3. The second kappa shape index (κ2) is 6.47. The molecular weight excluding hydrogens is 276 g/mol. The number of aromatic hydroxyl groups is 1. The number of carbonyl (C=O) groups is 2. The Morgan fingerprint density at radius 3 is 2.71 bits per heavy atom. The number of phenols is 1. The number of hydrogen-bond acceptors (Lipinski definition) is 4. The van der Waals surface area contributed by atoms with E-state index in [2.05, 4.69) is 10.6 Å². The van der Waals surface area contributed by atoms with E-state index < -0.39 is 12.0 Å². The highest BCUT2D eigenvalue weighted by Gasteiger charge is 2.13. The average molecular weight is 290 g/mol. The fraction of sp³-hybridized carbons (Fsp3) is 0.143. The number of nitrogens with one attached hydrogen (secondary N) is 2. The van der Waals surface area contributed by atoms with Crippen LogP contribution in [0.1, 0.15) is 16.1 Å². The SMILES string of the molecule is O=C(NCCc1ccco1)Nc1ccc(O)cc1C(=O)O. The molecule has 0 aliphatic carbocycles. The van der Waals surface area contributed by atoms with Gasteiger partial charge in [0.1, 0.15) is 11.5 Å². The van der Waals surface area contributed by atoms with Crippen molar-refractivity contribution in [1.29, 1.82) is 0 Å². The third-order valence-corrected chi connectivity index (χ3v) is 2.72. The van der Waals surface area contributed by atoms with Gasteiger partial charge in [-0.25, -0.2) is 9.59 Å². The minimum atomic E-state index is -1.24. The van der Waals surface area contributed by atoms with Crippen molar-refractivity contribution in [3.05, 3.63) is 47.9 Å². The van der Waals surface area contributed by atoms with E-state index in [1.807, 2.05) is 0 Å². The molecule has 2 rings (SSSR count). The summed E-state index contributed by atoms with van der Waals surface area (Å²) >= 11 is 0. The summed E-state index contributed by atoms with van der Waals surface area (Å²) in [6, 6.07) is 6.71. The van der Waals surface area contributed by atoms with E-state index in [1.165, 1.54) is 12.1 Å². The number of amides is 2. The van der Waals surface area contributed by atoms with Crippen LogP contribution in [0.2, 0.25) is 0 Å². The van der Waals surface area contributed by atoms with Crippen LogP contribution in [0.5, 0.6) is 5.75 Å². The Balaban J connectivity index is 1.92. The maximum Gasteiger partial charge on any atom is 0.337 e. The van der Waals surface area contributed by atoms with Gasteiger partial charge in [-0.15, -0.1) is 0 Å². The van der Waals surface area contributed by atoms with Gasteiger partial charge in [0.25, 0.3) is 0 Å². The fourth-order valence-electron chi connectivity index (χ4n) is 1.74. The van der Waals surface area contributed by atoms with Gasteiger partial charge in [0, 0.05) is 13.0 Å². The second-order valence-corrected chi connectivity index (χ2v) is 4.25. The van der Waals surface area contributed by atoms with E-state index in [0.29, 0.717) is 13.0 Å². The van der Waals surface area contributed by atoms with Gasteiger partial charge in [0.05, 0.1) is 17.5 Å². The zero-order valence-electron chi connectivity index (χ0n) is 11.0. The van der Waals surface area contributed by atoms with Crippen molar-refractivity contribution in [3.63, 3.8) is 0 Å². The highest BCUT2D eigenvalue weighted by molar-refractivity contribution is 6.00. The lowest BCUT2D eigenvalue weighted by Gasteiger charge is -2.09. The Bertz CT molecular complexity index is 637. The Kier molecular flexibility index (Phi) is 4.45. The van der Waals surface area contributed by atoms with Crippen molar-refractivity contribution in [1.82, 2.24) is 5.32 Å². The van der Waals surface area contributed by atoms with Crippen molar-refractivity contribution in [2.75, 3.05) is 11.9 Å². The number of urea groups is 1. The Hall–Kier alpha value is -2.96. The van der Waals surface area contributed by atoms with Crippen molar-refractivity contribution in [3.8, 4) is 5.75 Å². The molecule has 0 aliphatic rings. The predicted molar refractivity (Wildman–Crippen MR) is 74.5 cm³/mol. The first-order valence-electron chi connectivity index (χ1n) is 6.20. The third-order valence-electron chi connectivity index (χ3n) is 2.72. The Morgan fingerprint density at radius 2 is 2.05 bits per heavy atom. The number of furan rings is 1. The number of phenolic OH excluding ortho intramolecular Hbond substituents is 1. The molecule has 0 unspecified atom stereocenters. The van der Waals surface area contributed by atoms with Crippen molar-refractivity contribution < 1.29 is 24.2 Å². The number of anilines is 1. The highest BCUT2D eigenvalue weighted by atomic mass is 16.4. The topological polar surface area (TPSA) is 112 Å². The zero-order valence-corrected chi connectivity index (χ0v) is 11.0. The van der Waals surface area contributed by atoms with Gasteiger partial charge in [-0.1, -0.05) is 0 Å². The molecule has 0 bridgehead atoms. The largest absolute Gasteiger partial charge is 0.508 e. The molecule has 0 saturated carbocycles. The van der Waals surface area contributed by atoms with Crippen LogP contribution in [0, 0.1) is 0 Å². The zero-order chi connectivity index (χ0) is 15.2. The number of aromatic carboxylic acids is 1. The van der Waals surface area contributed by atoms with Gasteiger partial charge in [0.15, 0.2) is 0 Å². The van der Waals surface area contributed by atoms with E-state index >= 15 is 0 Å². The quantitative estimate of drug-likeness (QED) is 0.630. The molecule has 1 aromatic carbocycles. The highest BCUT2D eigenvalue weighted by Crippen LogP contribution is 2.21. The minimum Gasteiger partial charge on any atom is -0.508 e. The van der Waals surface area contributed by atoms with Crippen LogP contribution in [0.4, 0.5) is 10.5 Å². The molecule has 0 atom stereocenters. The average Bonchev–Trinajstić information content (AvgIpc) is 2.94. The summed E-state index contributed by atoms with van der Waals surface area (Å²) in [5.41, 5.74) is -0.0769. The lowest BCUT2D eigenvalue weighted by Crippen LogP contribution is -2.31. The predicted octanol–water partition coefficient (Wildman–Crippen LogP) is 2.05. The summed E-state index contributed by atoms with van der Waals surface area (Å²) in [4.78, 5) is 22.7. The smallest absolute Gasteiger partial charge is 0.337 e. The molecule has 1 heterocycles. The molecule has 2 aromatic rings. The first-order chi connectivity index (χ1) is 10.1. The number of hydrogen-bond donors (Lipinski definition) is 4. The minimum absolute atomic E-state index is 0.107. The summed E-state index contributed by atoms with van der Waals surface area (Å²) < 4.78 is 5.12. The molecule has 4 N–H and O–H groups in total. The van der Waals surface area contributed by atoms with E-state index in [-0.39, 0.29) is 17.0 Å². The van der Waals surface area contributed by atoms with Crippen LogP contribution in [0.15, 0.2) is 41.0 Å². The maximum absolute atomic E-state index is 11.7. The lowest BCUT2D eigenvalue weighted by atomic mass is 10.1. The van der Waals surface area contributed by atoms with Crippen LogP contribution in [0.25, 0.3) is 0 Å². The van der Waals surface area contributed by atoms with Crippen LogP contribution in [0.3, 0.4) is 0 Å². The van der Waals surface area contributed by atoms with Crippen molar-refractivity contribution in [2.45, 2.75) is 6.42 Å². The Labute approximate surface area is 120 Å². The molecule has 0 fully saturated rings. The normalized spacial score (nSPS) is 10.1. The molecule has 110 valence electrons. The molecule has 7 nitrogen and oxygen atoms in total. The number of carboxylic acid groups (broad SMARTS) is 1. The summed E-state index contributed by atoms with van der Waals surface area (Å²) in [5.74, 6) is -0.681. The van der Waals surface area contributed by atoms with Gasteiger partial charge < -0.3 is 25.3 Å². The summed E-state index contributed by atoms with van der Waals surface area (Å²) in [7, 11) is 0. The fourth-order valence-corrected chi connectivity index (χ4v) is 1.74. The number of benzene rings is 1. The van der Waals surface area contributed by atoms with Gasteiger partial charge in [-0.2, -0.15) is 0 Å². The van der Waals surface area contributed by atoms with Crippen LogP contribution < -0.4 is 10.6 Å². The maximum atomic E-state index is 11.7. The summed E-state index contributed by atoms with van der Waals surface area (Å²) in [6.07, 6.45) is 2.08.